The molecule has 0 fully saturated rings. The van der Waals surface area contributed by atoms with Gasteiger partial charge < -0.3 is 10.4 Å². The minimum absolute atomic E-state index is 0.000236. The zero-order chi connectivity index (χ0) is 13.7. The van der Waals surface area contributed by atoms with E-state index in [9.17, 15) is 14.0 Å². The Labute approximate surface area is 109 Å². The van der Waals surface area contributed by atoms with E-state index in [0.29, 0.717) is 0 Å². The highest BCUT2D eigenvalue weighted by atomic mass is 35.5. The van der Waals surface area contributed by atoms with Gasteiger partial charge in [-0.2, -0.15) is 0 Å². The number of nitrogens with one attached hydrogen (secondary N) is 1. The highest BCUT2D eigenvalue weighted by Gasteiger charge is 2.15. The SMILES string of the molecule is CC(CNC(=O)Cc1c(F)cccc1Cl)C(=O)O. The number of rotatable bonds is 5. The van der Waals surface area contributed by atoms with Crippen molar-refractivity contribution in [3.8, 4) is 0 Å². The number of hydrogen-bond donors (Lipinski definition) is 2. The highest BCUT2D eigenvalue weighted by Crippen LogP contribution is 2.19. The number of halogens is 2. The van der Waals surface area contributed by atoms with Gasteiger partial charge in [0, 0.05) is 17.1 Å². The largest absolute Gasteiger partial charge is 0.481 e. The van der Waals surface area contributed by atoms with Crippen LogP contribution in [0.4, 0.5) is 4.39 Å². The Morgan fingerprint density at radius 1 is 1.50 bits per heavy atom. The van der Waals surface area contributed by atoms with E-state index >= 15 is 0 Å². The van der Waals surface area contributed by atoms with Gasteiger partial charge in [0.1, 0.15) is 5.82 Å². The molecule has 0 radical (unpaired) electrons. The monoisotopic (exact) mass is 273 g/mol. The zero-order valence-electron chi connectivity index (χ0n) is 9.74. The maximum absolute atomic E-state index is 13.4. The molecule has 1 aromatic rings. The second-order valence-corrected chi connectivity index (χ2v) is 4.33. The Kier molecular flexibility index (Phi) is 5.09. The maximum atomic E-state index is 13.4. The summed E-state index contributed by atoms with van der Waals surface area (Å²) in [6, 6.07) is 4.16. The van der Waals surface area contributed by atoms with Gasteiger partial charge in [-0.1, -0.05) is 24.6 Å². The average Bonchev–Trinajstić information content (AvgIpc) is 2.30. The number of carboxylic acids is 1. The van der Waals surface area contributed by atoms with E-state index < -0.39 is 23.6 Å². The fourth-order valence-electron chi connectivity index (χ4n) is 1.28. The summed E-state index contributed by atoms with van der Waals surface area (Å²) in [6.07, 6.45) is -0.210. The van der Waals surface area contributed by atoms with E-state index in [1.54, 1.807) is 0 Å². The smallest absolute Gasteiger partial charge is 0.308 e. The van der Waals surface area contributed by atoms with E-state index in [0.717, 1.165) is 0 Å². The van der Waals surface area contributed by atoms with Crippen molar-refractivity contribution in [3.05, 3.63) is 34.6 Å². The van der Waals surface area contributed by atoms with Crippen LogP contribution in [0.2, 0.25) is 5.02 Å². The summed E-state index contributed by atoms with van der Waals surface area (Å²) >= 11 is 5.77. The first-order valence-electron chi connectivity index (χ1n) is 5.34. The van der Waals surface area contributed by atoms with Gasteiger partial charge in [-0.15, -0.1) is 0 Å². The molecule has 0 saturated carbocycles. The molecule has 0 aliphatic rings. The molecule has 1 aromatic carbocycles. The minimum Gasteiger partial charge on any atom is -0.481 e. The van der Waals surface area contributed by atoms with Crippen LogP contribution < -0.4 is 5.32 Å². The molecule has 0 heterocycles. The molecule has 2 N–H and O–H groups in total. The van der Waals surface area contributed by atoms with Gasteiger partial charge in [0.25, 0.3) is 0 Å². The van der Waals surface area contributed by atoms with Gasteiger partial charge in [0.15, 0.2) is 0 Å². The molecule has 0 aliphatic heterocycles. The van der Waals surface area contributed by atoms with E-state index in [1.807, 2.05) is 0 Å². The summed E-state index contributed by atoms with van der Waals surface area (Å²) in [4.78, 5) is 22.1. The molecule has 0 spiro atoms. The van der Waals surface area contributed by atoms with Crippen LogP contribution >= 0.6 is 11.6 Å². The maximum Gasteiger partial charge on any atom is 0.308 e. The number of benzene rings is 1. The highest BCUT2D eigenvalue weighted by molar-refractivity contribution is 6.31. The van der Waals surface area contributed by atoms with E-state index in [4.69, 9.17) is 16.7 Å². The summed E-state index contributed by atoms with van der Waals surface area (Å²) < 4.78 is 13.4. The second-order valence-electron chi connectivity index (χ2n) is 3.92. The number of carboxylic acid groups (broad SMARTS) is 1. The van der Waals surface area contributed by atoms with Crippen LogP contribution in [0.1, 0.15) is 12.5 Å². The summed E-state index contributed by atoms with van der Waals surface area (Å²) in [5, 5.41) is 11.2. The Balaban J connectivity index is 2.58. The van der Waals surface area contributed by atoms with E-state index in [2.05, 4.69) is 5.32 Å². The number of amides is 1. The first kappa shape index (κ1) is 14.4. The standard InChI is InChI=1S/C12H13ClFNO3/c1-7(12(17)18)6-15-11(16)5-8-9(13)3-2-4-10(8)14/h2-4,7H,5-6H2,1H3,(H,15,16)(H,17,18). The fourth-order valence-corrected chi connectivity index (χ4v) is 1.51. The van der Waals surface area contributed by atoms with Crippen molar-refractivity contribution >= 4 is 23.5 Å². The second kappa shape index (κ2) is 6.35. The molecule has 1 rings (SSSR count). The third kappa shape index (κ3) is 4.00. The molecular formula is C12H13ClFNO3. The average molecular weight is 274 g/mol. The lowest BCUT2D eigenvalue weighted by Crippen LogP contribution is -2.32. The van der Waals surface area contributed by atoms with Crippen LogP contribution in [0.25, 0.3) is 0 Å². The quantitative estimate of drug-likeness (QED) is 0.860. The topological polar surface area (TPSA) is 66.4 Å². The van der Waals surface area contributed by atoms with Crippen LogP contribution in [0, 0.1) is 11.7 Å². The normalized spacial score (nSPS) is 11.9. The van der Waals surface area contributed by atoms with Crippen LogP contribution in [-0.2, 0) is 16.0 Å². The molecule has 0 bridgehead atoms. The Morgan fingerprint density at radius 2 is 2.17 bits per heavy atom. The van der Waals surface area contributed by atoms with Gasteiger partial charge >= 0.3 is 5.97 Å². The fraction of sp³-hybridized carbons (Fsp3) is 0.333. The van der Waals surface area contributed by atoms with Crippen LogP contribution in [0.5, 0.6) is 0 Å². The number of hydrogen-bond acceptors (Lipinski definition) is 2. The van der Waals surface area contributed by atoms with Crippen molar-refractivity contribution in [2.24, 2.45) is 5.92 Å². The van der Waals surface area contributed by atoms with Gasteiger partial charge in [-0.3, -0.25) is 9.59 Å². The van der Waals surface area contributed by atoms with Gasteiger partial charge in [0.05, 0.1) is 12.3 Å². The van der Waals surface area contributed by atoms with E-state index in [1.165, 1.54) is 25.1 Å². The van der Waals surface area contributed by atoms with Crippen molar-refractivity contribution in [2.45, 2.75) is 13.3 Å². The van der Waals surface area contributed by atoms with Crippen molar-refractivity contribution in [1.82, 2.24) is 5.32 Å². The predicted molar refractivity (Wildman–Crippen MR) is 64.9 cm³/mol. The molecule has 1 unspecified atom stereocenters. The van der Waals surface area contributed by atoms with Crippen LogP contribution in [0.15, 0.2) is 18.2 Å². The molecule has 0 aliphatic carbocycles. The molecule has 4 nitrogen and oxygen atoms in total. The van der Waals surface area contributed by atoms with Crippen molar-refractivity contribution in [3.63, 3.8) is 0 Å². The summed E-state index contributed by atoms with van der Waals surface area (Å²) in [7, 11) is 0. The van der Waals surface area contributed by atoms with Crippen molar-refractivity contribution < 1.29 is 19.1 Å². The third-order valence-electron chi connectivity index (χ3n) is 2.43. The first-order valence-corrected chi connectivity index (χ1v) is 5.72. The molecule has 98 valence electrons. The molecule has 6 heteroatoms. The Hall–Kier alpha value is -1.62. The lowest BCUT2D eigenvalue weighted by Gasteiger charge is -2.09. The zero-order valence-corrected chi connectivity index (χ0v) is 10.5. The predicted octanol–water partition coefficient (Wildman–Crippen LogP) is 1.86. The van der Waals surface area contributed by atoms with E-state index in [-0.39, 0.29) is 23.6 Å². The molecule has 18 heavy (non-hydrogen) atoms. The summed E-state index contributed by atoms with van der Waals surface area (Å²) in [6.45, 7) is 1.47. The van der Waals surface area contributed by atoms with Crippen molar-refractivity contribution in [2.75, 3.05) is 6.54 Å². The van der Waals surface area contributed by atoms with Gasteiger partial charge in [-0.25, -0.2) is 4.39 Å². The van der Waals surface area contributed by atoms with Crippen molar-refractivity contribution in [1.29, 1.82) is 0 Å². The van der Waals surface area contributed by atoms with Gasteiger partial charge in [-0.05, 0) is 12.1 Å². The Bertz CT molecular complexity index is 444. The van der Waals surface area contributed by atoms with Gasteiger partial charge in [0.2, 0.25) is 5.91 Å². The lowest BCUT2D eigenvalue weighted by molar-refractivity contribution is -0.141. The molecule has 1 amide bonds. The summed E-state index contributed by atoms with van der Waals surface area (Å²) in [5.74, 6) is -2.71. The third-order valence-corrected chi connectivity index (χ3v) is 2.78. The van der Waals surface area contributed by atoms with Crippen LogP contribution in [-0.4, -0.2) is 23.5 Å². The molecule has 0 aromatic heterocycles. The molecule has 0 saturated heterocycles. The lowest BCUT2D eigenvalue weighted by atomic mass is 10.1. The number of carbonyl (C=O) groups is 2. The minimum atomic E-state index is -1.00. The Morgan fingerprint density at radius 3 is 2.72 bits per heavy atom. The number of aliphatic carboxylic acids is 1. The molecular weight excluding hydrogens is 261 g/mol. The van der Waals surface area contributed by atoms with Crippen LogP contribution in [0.3, 0.4) is 0 Å². The first-order chi connectivity index (χ1) is 8.41. The summed E-state index contributed by atoms with van der Waals surface area (Å²) in [5.41, 5.74) is 0.111. The molecule has 1 atom stereocenters. The number of carbonyl (C=O) groups excluding carboxylic acids is 1.